The summed E-state index contributed by atoms with van der Waals surface area (Å²) in [5, 5.41) is 7.59. The van der Waals surface area contributed by atoms with Gasteiger partial charge < -0.3 is 0 Å². The molecule has 0 bridgehead atoms. The molecule has 0 saturated heterocycles. The second kappa shape index (κ2) is 10.6. The lowest BCUT2D eigenvalue weighted by atomic mass is 9.93. The first-order valence-corrected chi connectivity index (χ1v) is 14.6. The molecule has 0 aliphatic carbocycles. The molecule has 0 amide bonds. The van der Waals surface area contributed by atoms with Crippen molar-refractivity contribution >= 4 is 28.7 Å². The van der Waals surface area contributed by atoms with Crippen molar-refractivity contribution in [1.29, 1.82) is 0 Å². The molecule has 0 aromatic heterocycles. The molecule has 2 nitrogen and oxygen atoms in total. The molecule has 0 spiro atoms. The van der Waals surface area contributed by atoms with E-state index in [0.29, 0.717) is 0 Å². The zero-order valence-electron chi connectivity index (χ0n) is 20.9. The molecular weight excluding hydrogens is 481 g/mol. The first kappa shape index (κ1) is 24.1. The van der Waals surface area contributed by atoms with E-state index >= 15 is 4.57 Å². The van der Waals surface area contributed by atoms with Crippen molar-refractivity contribution in [2.75, 3.05) is 0 Å². The van der Waals surface area contributed by atoms with Crippen molar-refractivity contribution in [1.82, 2.24) is 5.09 Å². The van der Waals surface area contributed by atoms with E-state index in [4.69, 9.17) is 0 Å². The normalized spacial score (nSPS) is 12.3. The quantitative estimate of drug-likeness (QED) is 0.220. The highest BCUT2D eigenvalue weighted by Crippen LogP contribution is 2.44. The maximum absolute atomic E-state index is 15.1. The van der Waals surface area contributed by atoms with Crippen LogP contribution in [0, 0.1) is 0 Å². The smallest absolute Gasteiger partial charge is 0.205 e. The van der Waals surface area contributed by atoms with Gasteiger partial charge in [-0.3, -0.25) is 4.57 Å². The molecule has 184 valence electrons. The molecule has 6 rings (SSSR count). The molecule has 1 N–H and O–H groups in total. The largest absolute Gasteiger partial charge is 0.296 e. The second-order valence-electron chi connectivity index (χ2n) is 9.40. The summed E-state index contributed by atoms with van der Waals surface area (Å²) in [6.07, 6.45) is 0. The summed E-state index contributed by atoms with van der Waals surface area (Å²) >= 11 is 0. The average Bonchev–Trinajstić information content (AvgIpc) is 3.01. The van der Waals surface area contributed by atoms with Gasteiger partial charge in [0.2, 0.25) is 7.29 Å². The minimum absolute atomic E-state index is 0.294. The van der Waals surface area contributed by atoms with Crippen LogP contribution in [0.5, 0.6) is 0 Å². The van der Waals surface area contributed by atoms with Gasteiger partial charge in [-0.15, -0.1) is 0 Å². The third kappa shape index (κ3) is 4.73. The highest BCUT2D eigenvalue weighted by atomic mass is 31.2. The maximum Gasteiger partial charge on any atom is 0.205 e. The minimum atomic E-state index is -3.21. The SMILES string of the molecule is O=P(N[C@H](c1ccc(-c2ccccc2)cc1)c1cccc2ccccc12)(c1ccccc1)c1ccccc1. The second-order valence-corrected chi connectivity index (χ2v) is 11.9. The van der Waals surface area contributed by atoms with Crippen molar-refractivity contribution in [3.63, 3.8) is 0 Å². The van der Waals surface area contributed by atoms with Gasteiger partial charge in [0, 0.05) is 10.6 Å². The van der Waals surface area contributed by atoms with E-state index in [0.717, 1.165) is 38.1 Å². The van der Waals surface area contributed by atoms with Crippen LogP contribution in [-0.4, -0.2) is 0 Å². The molecule has 0 aliphatic rings. The number of hydrogen-bond donors (Lipinski definition) is 1. The molecule has 38 heavy (non-hydrogen) atoms. The first-order valence-electron chi connectivity index (χ1n) is 12.8. The average molecular weight is 510 g/mol. The molecule has 0 fully saturated rings. The van der Waals surface area contributed by atoms with Crippen LogP contribution in [-0.2, 0) is 4.57 Å². The Kier molecular flexibility index (Phi) is 6.75. The standard InChI is InChI=1S/C35H28NOP/c37-38(31-17-6-2-7-18-31,32-19-8-3-9-20-32)36-35(34-22-12-16-29-15-10-11-21-33(29)34)30-25-23-28(24-26-30)27-13-4-1-5-14-27/h1-26,35H,(H,36,37)/t35-/m1/s1. The molecule has 0 saturated carbocycles. The lowest BCUT2D eigenvalue weighted by molar-refractivity contribution is 0.572. The third-order valence-corrected chi connectivity index (χ3v) is 9.71. The van der Waals surface area contributed by atoms with Crippen molar-refractivity contribution < 1.29 is 4.57 Å². The van der Waals surface area contributed by atoms with Crippen LogP contribution in [0.1, 0.15) is 17.2 Å². The Morgan fingerprint density at radius 2 is 0.974 bits per heavy atom. The topological polar surface area (TPSA) is 29.1 Å². The molecule has 3 heteroatoms. The predicted molar refractivity (Wildman–Crippen MR) is 161 cm³/mol. The summed E-state index contributed by atoms with van der Waals surface area (Å²) in [6, 6.07) is 53.0. The van der Waals surface area contributed by atoms with Gasteiger partial charge in [0.05, 0.1) is 6.04 Å². The molecule has 0 radical (unpaired) electrons. The van der Waals surface area contributed by atoms with Crippen LogP contribution in [0.4, 0.5) is 0 Å². The fourth-order valence-corrected chi connectivity index (χ4v) is 7.51. The van der Waals surface area contributed by atoms with E-state index < -0.39 is 7.29 Å². The molecule has 0 heterocycles. The Labute approximate surface area is 224 Å². The van der Waals surface area contributed by atoms with Crippen molar-refractivity contribution in [3.8, 4) is 11.1 Å². The molecule has 6 aromatic rings. The summed E-state index contributed by atoms with van der Waals surface area (Å²) in [7, 11) is -3.21. The molecule has 6 aromatic carbocycles. The number of fused-ring (bicyclic) bond motifs is 1. The fourth-order valence-electron chi connectivity index (χ4n) is 5.08. The summed E-state index contributed by atoms with van der Waals surface area (Å²) < 4.78 is 15.1. The summed E-state index contributed by atoms with van der Waals surface area (Å²) in [5.41, 5.74) is 4.49. The van der Waals surface area contributed by atoms with Gasteiger partial charge in [-0.25, -0.2) is 5.09 Å². The van der Waals surface area contributed by atoms with Crippen molar-refractivity contribution in [2.45, 2.75) is 6.04 Å². The minimum Gasteiger partial charge on any atom is -0.296 e. The monoisotopic (exact) mass is 509 g/mol. The Bertz CT molecular complexity index is 1650. The van der Waals surface area contributed by atoms with Crippen LogP contribution in [0.25, 0.3) is 21.9 Å². The van der Waals surface area contributed by atoms with E-state index in [-0.39, 0.29) is 6.04 Å². The number of nitrogens with one attached hydrogen (secondary N) is 1. The highest BCUT2D eigenvalue weighted by molar-refractivity contribution is 7.76. The lowest BCUT2D eigenvalue weighted by Crippen LogP contribution is -2.31. The van der Waals surface area contributed by atoms with Crippen LogP contribution in [0.2, 0.25) is 0 Å². The summed E-state index contributed by atoms with van der Waals surface area (Å²) in [5.74, 6) is 0. The Hall–Kier alpha value is -4.23. The van der Waals surface area contributed by atoms with Crippen molar-refractivity contribution in [3.05, 3.63) is 169 Å². The van der Waals surface area contributed by atoms with E-state index in [9.17, 15) is 0 Å². The van der Waals surface area contributed by atoms with Crippen molar-refractivity contribution in [2.24, 2.45) is 0 Å². The number of hydrogen-bond acceptors (Lipinski definition) is 1. The van der Waals surface area contributed by atoms with Gasteiger partial charge in [0.1, 0.15) is 0 Å². The first-order chi connectivity index (χ1) is 18.7. The van der Waals surface area contributed by atoms with Gasteiger partial charge in [-0.2, -0.15) is 0 Å². The molecular formula is C35H28NOP. The molecule has 1 atom stereocenters. The Morgan fingerprint density at radius 1 is 0.474 bits per heavy atom. The van der Waals surface area contributed by atoms with Gasteiger partial charge >= 0.3 is 0 Å². The van der Waals surface area contributed by atoms with Gasteiger partial charge in [-0.1, -0.05) is 133 Å². The van der Waals surface area contributed by atoms with E-state index in [1.807, 2.05) is 66.7 Å². The van der Waals surface area contributed by atoms with Crippen LogP contribution >= 0.6 is 7.29 Å². The lowest BCUT2D eigenvalue weighted by Gasteiger charge is -2.29. The molecule has 0 unspecified atom stereocenters. The van der Waals surface area contributed by atoms with Crippen LogP contribution < -0.4 is 15.7 Å². The van der Waals surface area contributed by atoms with Gasteiger partial charge in [-0.05, 0) is 57.3 Å². The van der Waals surface area contributed by atoms with Gasteiger partial charge in [0.15, 0.2) is 0 Å². The number of rotatable bonds is 7. The zero-order valence-corrected chi connectivity index (χ0v) is 21.8. The Balaban J connectivity index is 1.52. The zero-order chi connectivity index (χ0) is 25.8. The number of benzene rings is 6. The van der Waals surface area contributed by atoms with E-state index in [1.54, 1.807) is 0 Å². The van der Waals surface area contributed by atoms with E-state index in [1.165, 1.54) is 5.56 Å². The Morgan fingerprint density at radius 3 is 1.61 bits per heavy atom. The van der Waals surface area contributed by atoms with Crippen LogP contribution in [0.15, 0.2) is 158 Å². The summed E-state index contributed by atoms with van der Waals surface area (Å²) in [6.45, 7) is 0. The van der Waals surface area contributed by atoms with Crippen LogP contribution in [0.3, 0.4) is 0 Å². The fraction of sp³-hybridized carbons (Fsp3) is 0.0286. The predicted octanol–water partition coefficient (Wildman–Crippen LogP) is 8.11. The van der Waals surface area contributed by atoms with Gasteiger partial charge in [0.25, 0.3) is 0 Å². The van der Waals surface area contributed by atoms with E-state index in [2.05, 4.69) is 96.1 Å². The summed E-state index contributed by atoms with van der Waals surface area (Å²) in [4.78, 5) is 0. The third-order valence-electron chi connectivity index (χ3n) is 7.04. The molecule has 0 aliphatic heterocycles. The highest BCUT2D eigenvalue weighted by Gasteiger charge is 2.32. The maximum atomic E-state index is 15.1.